The van der Waals surface area contributed by atoms with Gasteiger partial charge in [-0.15, -0.1) is 0 Å². The summed E-state index contributed by atoms with van der Waals surface area (Å²) >= 11 is 0. The number of carbonyl (C=O) groups excluding carboxylic acids is 1. The lowest BCUT2D eigenvalue weighted by molar-refractivity contribution is 0.0600. The van der Waals surface area contributed by atoms with Gasteiger partial charge >= 0.3 is 5.97 Å². The molecule has 2 aromatic rings. The van der Waals surface area contributed by atoms with Crippen LogP contribution in [0.5, 0.6) is 0 Å². The van der Waals surface area contributed by atoms with Crippen LogP contribution in [0.2, 0.25) is 0 Å². The van der Waals surface area contributed by atoms with E-state index in [1.54, 1.807) is 6.20 Å². The lowest BCUT2D eigenvalue weighted by Crippen LogP contribution is -2.15. The summed E-state index contributed by atoms with van der Waals surface area (Å²) in [7, 11) is 1.39. The average molecular weight is 296 g/mol. The van der Waals surface area contributed by atoms with Crippen LogP contribution in [0.1, 0.15) is 38.3 Å². The molecule has 0 fully saturated rings. The quantitative estimate of drug-likeness (QED) is 0.817. The highest BCUT2D eigenvalue weighted by Crippen LogP contribution is 2.24. The molecule has 0 N–H and O–H groups in total. The van der Waals surface area contributed by atoms with Crippen LogP contribution in [0, 0.1) is 13.8 Å². The van der Waals surface area contributed by atoms with Gasteiger partial charge in [-0.2, -0.15) is 0 Å². The van der Waals surface area contributed by atoms with Crippen molar-refractivity contribution < 1.29 is 9.53 Å². The third-order valence-electron chi connectivity index (χ3n) is 4.23. The standard InChI is InChI=1S/C18H20N2O2/c1-12-4-5-14(6-13(12)2)9-20-10-16-7-15(18(21)22-3)8-19-17(16)11-20/h4-8H,9-11H2,1-3H3. The van der Waals surface area contributed by atoms with Gasteiger partial charge in [-0.25, -0.2) is 4.79 Å². The van der Waals surface area contributed by atoms with Crippen LogP contribution in [0.4, 0.5) is 0 Å². The van der Waals surface area contributed by atoms with Crippen molar-refractivity contribution in [2.45, 2.75) is 33.5 Å². The molecule has 0 spiro atoms. The molecule has 4 heteroatoms. The van der Waals surface area contributed by atoms with Crippen LogP contribution >= 0.6 is 0 Å². The van der Waals surface area contributed by atoms with Crippen LogP contribution in [0.3, 0.4) is 0 Å². The van der Waals surface area contributed by atoms with Crippen molar-refractivity contribution in [1.82, 2.24) is 9.88 Å². The first-order chi connectivity index (χ1) is 10.6. The summed E-state index contributed by atoms with van der Waals surface area (Å²) in [5.41, 5.74) is 6.64. The molecule has 1 aromatic heterocycles. The van der Waals surface area contributed by atoms with Crippen molar-refractivity contribution in [3.63, 3.8) is 0 Å². The van der Waals surface area contributed by atoms with Gasteiger partial charge in [-0.05, 0) is 42.2 Å². The highest BCUT2D eigenvalue weighted by molar-refractivity contribution is 5.89. The summed E-state index contributed by atoms with van der Waals surface area (Å²) in [4.78, 5) is 18.3. The minimum absolute atomic E-state index is 0.331. The number of aryl methyl sites for hydroxylation is 2. The molecule has 0 unspecified atom stereocenters. The second-order valence-electron chi connectivity index (χ2n) is 5.89. The molecule has 22 heavy (non-hydrogen) atoms. The molecule has 1 aliphatic rings. The fourth-order valence-electron chi connectivity index (χ4n) is 2.83. The predicted octanol–water partition coefficient (Wildman–Crippen LogP) is 3.00. The molecule has 0 amide bonds. The first-order valence-electron chi connectivity index (χ1n) is 7.41. The molecule has 0 atom stereocenters. The monoisotopic (exact) mass is 296 g/mol. The summed E-state index contributed by atoms with van der Waals surface area (Å²) in [6.45, 7) is 6.81. The second-order valence-corrected chi connectivity index (χ2v) is 5.89. The van der Waals surface area contributed by atoms with Crippen molar-refractivity contribution in [3.05, 3.63) is 64.0 Å². The SMILES string of the molecule is COC(=O)c1cnc2c(c1)CN(Cc1ccc(C)c(C)c1)C2. The Balaban J connectivity index is 1.74. The van der Waals surface area contributed by atoms with E-state index in [1.807, 2.05) is 6.07 Å². The number of hydrogen-bond donors (Lipinski definition) is 0. The predicted molar refractivity (Wildman–Crippen MR) is 84.4 cm³/mol. The molecular weight excluding hydrogens is 276 g/mol. The highest BCUT2D eigenvalue weighted by Gasteiger charge is 2.22. The maximum absolute atomic E-state index is 11.6. The van der Waals surface area contributed by atoms with E-state index in [1.165, 1.54) is 23.8 Å². The number of methoxy groups -OCH3 is 1. The first-order valence-corrected chi connectivity index (χ1v) is 7.41. The number of fused-ring (bicyclic) bond motifs is 1. The Hall–Kier alpha value is -2.20. The highest BCUT2D eigenvalue weighted by atomic mass is 16.5. The van der Waals surface area contributed by atoms with E-state index < -0.39 is 0 Å². The van der Waals surface area contributed by atoms with Crippen LogP contribution in [-0.4, -0.2) is 23.0 Å². The lowest BCUT2D eigenvalue weighted by atomic mass is 10.1. The fourth-order valence-corrected chi connectivity index (χ4v) is 2.83. The summed E-state index contributed by atoms with van der Waals surface area (Å²) in [5, 5.41) is 0. The number of esters is 1. The Bertz CT molecular complexity index is 725. The second kappa shape index (κ2) is 5.89. The minimum atomic E-state index is -0.331. The topological polar surface area (TPSA) is 42.4 Å². The van der Waals surface area contributed by atoms with Crippen LogP contribution < -0.4 is 0 Å². The number of hydrogen-bond acceptors (Lipinski definition) is 4. The summed E-state index contributed by atoms with van der Waals surface area (Å²) in [6.07, 6.45) is 1.60. The van der Waals surface area contributed by atoms with E-state index in [0.717, 1.165) is 30.9 Å². The number of aromatic nitrogens is 1. The molecule has 0 saturated heterocycles. The first kappa shape index (κ1) is 14.7. The van der Waals surface area contributed by atoms with Crippen molar-refractivity contribution in [2.24, 2.45) is 0 Å². The van der Waals surface area contributed by atoms with Crippen molar-refractivity contribution in [1.29, 1.82) is 0 Å². The summed E-state index contributed by atoms with van der Waals surface area (Å²) in [5.74, 6) is -0.331. The summed E-state index contributed by atoms with van der Waals surface area (Å²) < 4.78 is 4.75. The molecule has 0 radical (unpaired) electrons. The Morgan fingerprint density at radius 3 is 2.77 bits per heavy atom. The number of benzene rings is 1. The van der Waals surface area contributed by atoms with Crippen molar-refractivity contribution in [2.75, 3.05) is 7.11 Å². The smallest absolute Gasteiger partial charge is 0.339 e. The van der Waals surface area contributed by atoms with Gasteiger partial charge in [-0.1, -0.05) is 18.2 Å². The number of ether oxygens (including phenoxy) is 1. The van der Waals surface area contributed by atoms with E-state index in [9.17, 15) is 4.79 Å². The molecule has 3 rings (SSSR count). The number of pyridine rings is 1. The molecular formula is C18H20N2O2. The van der Waals surface area contributed by atoms with Crippen molar-refractivity contribution >= 4 is 5.97 Å². The third kappa shape index (κ3) is 2.88. The fraction of sp³-hybridized carbons (Fsp3) is 0.333. The maximum atomic E-state index is 11.6. The van der Waals surface area contributed by atoms with E-state index in [-0.39, 0.29) is 5.97 Å². The van der Waals surface area contributed by atoms with Gasteiger partial charge in [0.15, 0.2) is 0 Å². The van der Waals surface area contributed by atoms with Gasteiger partial charge in [0, 0.05) is 25.8 Å². The maximum Gasteiger partial charge on any atom is 0.339 e. The summed E-state index contributed by atoms with van der Waals surface area (Å²) in [6, 6.07) is 8.49. The van der Waals surface area contributed by atoms with Gasteiger partial charge in [0.1, 0.15) is 0 Å². The average Bonchev–Trinajstić information content (AvgIpc) is 2.91. The number of rotatable bonds is 3. The molecule has 4 nitrogen and oxygen atoms in total. The minimum Gasteiger partial charge on any atom is -0.465 e. The normalized spacial score (nSPS) is 14.0. The molecule has 0 aliphatic carbocycles. The van der Waals surface area contributed by atoms with E-state index in [4.69, 9.17) is 4.74 Å². The van der Waals surface area contributed by atoms with E-state index in [0.29, 0.717) is 5.56 Å². The lowest BCUT2D eigenvalue weighted by Gasteiger charge is -2.15. The van der Waals surface area contributed by atoms with E-state index in [2.05, 4.69) is 41.9 Å². The van der Waals surface area contributed by atoms with Gasteiger partial charge in [0.2, 0.25) is 0 Å². The number of carbonyl (C=O) groups is 1. The van der Waals surface area contributed by atoms with Crippen LogP contribution in [-0.2, 0) is 24.4 Å². The molecule has 0 bridgehead atoms. The zero-order valence-electron chi connectivity index (χ0n) is 13.2. The molecule has 1 aliphatic heterocycles. The zero-order valence-corrected chi connectivity index (χ0v) is 13.2. The van der Waals surface area contributed by atoms with Crippen LogP contribution in [0.15, 0.2) is 30.5 Å². The van der Waals surface area contributed by atoms with Gasteiger partial charge in [0.05, 0.1) is 18.4 Å². The number of nitrogens with zero attached hydrogens (tertiary/aromatic N) is 2. The van der Waals surface area contributed by atoms with Gasteiger partial charge < -0.3 is 4.74 Å². The largest absolute Gasteiger partial charge is 0.465 e. The van der Waals surface area contributed by atoms with Crippen molar-refractivity contribution in [3.8, 4) is 0 Å². The third-order valence-corrected chi connectivity index (χ3v) is 4.23. The van der Waals surface area contributed by atoms with Gasteiger partial charge in [0.25, 0.3) is 0 Å². The Morgan fingerprint density at radius 2 is 2.05 bits per heavy atom. The van der Waals surface area contributed by atoms with Crippen LogP contribution in [0.25, 0.3) is 0 Å². The Morgan fingerprint density at radius 1 is 1.23 bits per heavy atom. The molecule has 0 saturated carbocycles. The molecule has 114 valence electrons. The Kier molecular flexibility index (Phi) is 3.94. The van der Waals surface area contributed by atoms with E-state index >= 15 is 0 Å². The van der Waals surface area contributed by atoms with Gasteiger partial charge in [-0.3, -0.25) is 9.88 Å². The molecule has 2 heterocycles. The molecule has 1 aromatic carbocycles. The Labute approximate surface area is 130 Å². The zero-order chi connectivity index (χ0) is 15.7.